The molecule has 4 N–H and O–H groups in total. The Labute approximate surface area is 246 Å². The smallest absolute Gasteiger partial charge is 0.315 e. The highest BCUT2D eigenvalue weighted by atomic mass is 16.5. The van der Waals surface area contributed by atoms with Crippen molar-refractivity contribution < 1.29 is 19.1 Å². The molecule has 224 valence electrons. The number of benzene rings is 2. The number of hydrogen-bond acceptors (Lipinski definition) is 7. The van der Waals surface area contributed by atoms with E-state index in [0.29, 0.717) is 25.2 Å². The fourth-order valence-corrected chi connectivity index (χ4v) is 5.46. The van der Waals surface area contributed by atoms with Gasteiger partial charge in [-0.1, -0.05) is 6.07 Å². The lowest BCUT2D eigenvalue weighted by atomic mass is 9.79. The Morgan fingerprint density at radius 2 is 1.81 bits per heavy atom. The number of likely N-dealkylation sites (N-methyl/N-ethyl adjacent to an activating group) is 1. The van der Waals surface area contributed by atoms with Crippen LogP contribution in [-0.2, 0) is 38.1 Å². The van der Waals surface area contributed by atoms with Gasteiger partial charge in [-0.25, -0.2) is 4.98 Å². The number of nitrogen functional groups attached to an aromatic ring is 1. The zero-order chi connectivity index (χ0) is 30.4. The van der Waals surface area contributed by atoms with E-state index in [2.05, 4.69) is 5.32 Å². The molecular formula is C31H41N7O4. The zero-order valence-electron chi connectivity index (χ0n) is 24.9. The molecule has 3 aromatic rings. The molecule has 1 unspecified atom stereocenters. The van der Waals surface area contributed by atoms with E-state index in [9.17, 15) is 14.4 Å². The van der Waals surface area contributed by atoms with E-state index < -0.39 is 17.3 Å². The van der Waals surface area contributed by atoms with Crippen LogP contribution >= 0.6 is 0 Å². The number of nitrogens with one attached hydrogen (secondary N) is 2. The number of aryl methyl sites for hydroxylation is 1. The lowest BCUT2D eigenvalue weighted by molar-refractivity contribution is -0.148. The van der Waals surface area contributed by atoms with Crippen molar-refractivity contribution in [1.82, 2.24) is 19.4 Å². The Morgan fingerprint density at radius 1 is 1.12 bits per heavy atom. The van der Waals surface area contributed by atoms with Gasteiger partial charge >= 0.3 is 5.97 Å². The normalized spacial score (nSPS) is 14.7. The Hall–Kier alpha value is -4.41. The van der Waals surface area contributed by atoms with Crippen molar-refractivity contribution in [3.05, 3.63) is 59.4 Å². The number of imidazole rings is 1. The number of nitrogens with zero attached hydrogens (tertiary/aromatic N) is 4. The number of anilines is 1. The van der Waals surface area contributed by atoms with Crippen molar-refractivity contribution in [3.8, 4) is 0 Å². The van der Waals surface area contributed by atoms with Crippen LogP contribution in [0, 0.1) is 5.41 Å². The Kier molecular flexibility index (Phi) is 9.49. The van der Waals surface area contributed by atoms with E-state index in [4.69, 9.17) is 20.9 Å². The Balaban J connectivity index is 1.61. The van der Waals surface area contributed by atoms with E-state index >= 15 is 0 Å². The number of amides is 2. The van der Waals surface area contributed by atoms with Gasteiger partial charge in [-0.3, -0.25) is 19.8 Å². The molecule has 0 spiro atoms. The van der Waals surface area contributed by atoms with Gasteiger partial charge in [-0.2, -0.15) is 0 Å². The third-order valence-corrected chi connectivity index (χ3v) is 7.95. The van der Waals surface area contributed by atoms with Crippen molar-refractivity contribution in [2.75, 3.05) is 38.6 Å². The van der Waals surface area contributed by atoms with Crippen LogP contribution in [0.2, 0.25) is 0 Å². The van der Waals surface area contributed by atoms with Crippen LogP contribution in [0.1, 0.15) is 56.5 Å². The summed E-state index contributed by atoms with van der Waals surface area (Å²) in [6.45, 7) is 5.72. The number of aromatic nitrogens is 2. The molecule has 0 saturated carbocycles. The minimum atomic E-state index is -1.04. The first kappa shape index (κ1) is 30.5. The lowest BCUT2D eigenvalue weighted by Gasteiger charge is -2.39. The third-order valence-electron chi connectivity index (χ3n) is 7.95. The molecule has 0 radical (unpaired) electrons. The number of amidine groups is 1. The van der Waals surface area contributed by atoms with Crippen LogP contribution in [0.25, 0.3) is 11.0 Å². The van der Waals surface area contributed by atoms with E-state index in [1.807, 2.05) is 53.8 Å². The van der Waals surface area contributed by atoms with Gasteiger partial charge in [0, 0.05) is 45.0 Å². The second-order valence-electron chi connectivity index (χ2n) is 11.1. The summed E-state index contributed by atoms with van der Waals surface area (Å²) in [7, 11) is 3.57. The molecule has 0 aliphatic carbocycles. The van der Waals surface area contributed by atoms with Crippen LogP contribution < -0.4 is 11.1 Å². The zero-order valence-corrected chi connectivity index (χ0v) is 24.9. The van der Waals surface area contributed by atoms with E-state index in [0.717, 1.165) is 47.4 Å². The quantitative estimate of drug-likeness (QED) is 0.138. The maximum absolute atomic E-state index is 14.1. The van der Waals surface area contributed by atoms with Crippen LogP contribution in [0.3, 0.4) is 0 Å². The average Bonchev–Trinajstić information content (AvgIpc) is 3.30. The summed E-state index contributed by atoms with van der Waals surface area (Å²) in [6, 6.07) is 13.2. The predicted molar refractivity (Wildman–Crippen MR) is 162 cm³/mol. The largest absolute Gasteiger partial charge is 0.466 e. The highest BCUT2D eigenvalue weighted by Gasteiger charge is 2.41. The standard InChI is InChI=1S/C31H41N7O4/c1-5-42-28(40)18-27(39)36(3)20-31(2,30(41)38-15-7-6-8-16-38)22-11-14-25-24(17-22)35-26(37(25)4)19-34-23-12-9-21(10-13-23)29(32)33/h9-14,17,34H,5-8,15-16,18-20H2,1-4H3,(H3,32,33). The van der Waals surface area contributed by atoms with Crippen LogP contribution in [0.15, 0.2) is 42.5 Å². The number of piperidine rings is 1. The fourth-order valence-electron chi connectivity index (χ4n) is 5.46. The van der Waals surface area contributed by atoms with Gasteiger partial charge in [0.1, 0.15) is 18.1 Å². The average molecular weight is 576 g/mol. The molecule has 1 aliphatic rings. The van der Waals surface area contributed by atoms with E-state index in [1.54, 1.807) is 26.1 Å². The van der Waals surface area contributed by atoms with Gasteiger partial charge < -0.3 is 30.2 Å². The summed E-state index contributed by atoms with van der Waals surface area (Å²) in [5.41, 5.74) is 8.48. The number of ether oxygens (including phenoxy) is 1. The maximum Gasteiger partial charge on any atom is 0.315 e. The minimum Gasteiger partial charge on any atom is -0.466 e. The summed E-state index contributed by atoms with van der Waals surface area (Å²) in [5, 5.41) is 10.9. The van der Waals surface area contributed by atoms with Gasteiger partial charge in [0.05, 0.1) is 29.6 Å². The van der Waals surface area contributed by atoms with Crippen LogP contribution in [-0.4, -0.2) is 76.3 Å². The number of nitrogens with two attached hydrogens (primary N) is 1. The maximum atomic E-state index is 14.1. The fraction of sp³-hybridized carbons (Fsp3) is 0.452. The number of carbonyl (C=O) groups excluding carboxylic acids is 3. The van der Waals surface area contributed by atoms with Gasteiger partial charge in [-0.05, 0) is 75.1 Å². The monoisotopic (exact) mass is 575 g/mol. The molecule has 11 nitrogen and oxygen atoms in total. The van der Waals surface area contributed by atoms with Crippen molar-refractivity contribution in [3.63, 3.8) is 0 Å². The SMILES string of the molecule is CCOC(=O)CC(=O)N(C)CC(C)(C(=O)N1CCCCC1)c1ccc2c(c1)nc(CNc1ccc(C(=N)N)cc1)n2C. The van der Waals surface area contributed by atoms with Gasteiger partial charge in [0.2, 0.25) is 11.8 Å². The summed E-state index contributed by atoms with van der Waals surface area (Å²) < 4.78 is 6.96. The molecule has 4 rings (SSSR count). The van der Waals surface area contributed by atoms with Crippen molar-refractivity contribution in [2.45, 2.75) is 51.5 Å². The van der Waals surface area contributed by atoms with Gasteiger partial charge in [-0.15, -0.1) is 0 Å². The number of carbonyl (C=O) groups is 3. The summed E-state index contributed by atoms with van der Waals surface area (Å²) in [5.74, 6) is -0.181. The molecule has 1 atom stereocenters. The lowest BCUT2D eigenvalue weighted by Crippen LogP contribution is -2.53. The molecule has 0 bridgehead atoms. The summed E-state index contributed by atoms with van der Waals surface area (Å²) in [4.78, 5) is 47.2. The van der Waals surface area contributed by atoms with E-state index in [1.165, 1.54) is 4.90 Å². The molecule has 2 amide bonds. The number of likely N-dealkylation sites (tertiary alicyclic amines) is 1. The van der Waals surface area contributed by atoms with E-state index in [-0.39, 0.29) is 31.3 Å². The van der Waals surface area contributed by atoms with Crippen molar-refractivity contribution >= 4 is 40.3 Å². The van der Waals surface area contributed by atoms with Gasteiger partial charge in [0.15, 0.2) is 0 Å². The number of rotatable bonds is 11. The molecule has 1 aromatic heterocycles. The van der Waals surface area contributed by atoms with Crippen LogP contribution in [0.4, 0.5) is 5.69 Å². The second kappa shape index (κ2) is 13.1. The topological polar surface area (TPSA) is 147 Å². The molecule has 11 heteroatoms. The molecule has 2 heterocycles. The first-order valence-corrected chi connectivity index (χ1v) is 14.4. The summed E-state index contributed by atoms with van der Waals surface area (Å²) in [6.07, 6.45) is 2.63. The van der Waals surface area contributed by atoms with Crippen LogP contribution in [0.5, 0.6) is 0 Å². The molecule has 1 saturated heterocycles. The number of esters is 1. The van der Waals surface area contributed by atoms with Crippen molar-refractivity contribution in [2.24, 2.45) is 12.8 Å². The molecule has 1 aliphatic heterocycles. The number of hydrogen-bond donors (Lipinski definition) is 3. The first-order chi connectivity index (χ1) is 20.0. The molecular weight excluding hydrogens is 534 g/mol. The molecule has 42 heavy (non-hydrogen) atoms. The molecule has 2 aromatic carbocycles. The highest BCUT2D eigenvalue weighted by molar-refractivity contribution is 5.96. The third kappa shape index (κ3) is 6.72. The minimum absolute atomic E-state index is 0.0213. The summed E-state index contributed by atoms with van der Waals surface area (Å²) >= 11 is 0. The highest BCUT2D eigenvalue weighted by Crippen LogP contribution is 2.32. The molecule has 1 fully saturated rings. The second-order valence-corrected chi connectivity index (χ2v) is 11.1. The first-order valence-electron chi connectivity index (χ1n) is 14.4. The Morgan fingerprint density at radius 3 is 2.45 bits per heavy atom. The van der Waals surface area contributed by atoms with Crippen molar-refractivity contribution in [1.29, 1.82) is 5.41 Å². The predicted octanol–water partition coefficient (Wildman–Crippen LogP) is 3.15. The van der Waals surface area contributed by atoms with Gasteiger partial charge in [0.25, 0.3) is 0 Å². The Bertz CT molecular complexity index is 1460. The number of fused-ring (bicyclic) bond motifs is 1.